The predicted molar refractivity (Wildman–Crippen MR) is 65.2 cm³/mol. The Kier molecular flexibility index (Phi) is 4.38. The fourth-order valence-corrected chi connectivity index (χ4v) is 2.93. The Hall–Kier alpha value is -1.08. The molecule has 2 aliphatic heterocycles. The molecular weight excluding hydrogens is 214 g/mol. The summed E-state index contributed by atoms with van der Waals surface area (Å²) in [5.74, 6) is 0.881. The van der Waals surface area contributed by atoms with E-state index in [1.54, 1.807) is 0 Å². The van der Waals surface area contributed by atoms with Gasteiger partial charge in [-0.3, -0.25) is 4.79 Å². The number of hydrogen-bond acceptors (Lipinski definition) is 3. The van der Waals surface area contributed by atoms with Crippen LogP contribution in [0.1, 0.15) is 38.5 Å². The fourth-order valence-electron chi connectivity index (χ4n) is 2.93. The molecule has 0 aromatic carbocycles. The van der Waals surface area contributed by atoms with Crippen LogP contribution in [0.25, 0.3) is 0 Å². The molecule has 94 valence electrons. The third-order valence-electron chi connectivity index (χ3n) is 3.92. The van der Waals surface area contributed by atoms with E-state index >= 15 is 0 Å². The highest BCUT2D eigenvalue weighted by Gasteiger charge is 2.33. The van der Waals surface area contributed by atoms with Gasteiger partial charge in [-0.05, 0) is 38.1 Å². The van der Waals surface area contributed by atoms with Gasteiger partial charge in [0.25, 0.3) is 0 Å². The number of likely N-dealkylation sites (tertiary alicyclic amines) is 1. The van der Waals surface area contributed by atoms with E-state index in [2.05, 4.69) is 16.3 Å². The summed E-state index contributed by atoms with van der Waals surface area (Å²) in [5.41, 5.74) is 0. The van der Waals surface area contributed by atoms with E-state index in [1.807, 2.05) is 0 Å². The molecule has 1 amide bonds. The lowest BCUT2D eigenvalue weighted by molar-refractivity contribution is -0.125. The maximum Gasteiger partial charge on any atom is 0.220 e. The van der Waals surface area contributed by atoms with Crippen LogP contribution >= 0.6 is 0 Å². The molecule has 4 nitrogen and oxygen atoms in total. The SMILES string of the molecule is N#CCCCCN1CCC2NC(=O)CCC2C1. The lowest BCUT2D eigenvalue weighted by Gasteiger charge is -2.41. The fraction of sp³-hybridized carbons (Fsp3) is 0.846. The molecule has 1 N–H and O–H groups in total. The molecule has 4 heteroatoms. The van der Waals surface area contributed by atoms with E-state index in [4.69, 9.17) is 5.26 Å². The molecule has 2 fully saturated rings. The Bertz CT molecular complexity index is 310. The van der Waals surface area contributed by atoms with Gasteiger partial charge in [0.15, 0.2) is 0 Å². The molecule has 2 heterocycles. The molecule has 17 heavy (non-hydrogen) atoms. The maximum atomic E-state index is 11.3. The van der Waals surface area contributed by atoms with Crippen molar-refractivity contribution in [2.75, 3.05) is 19.6 Å². The summed E-state index contributed by atoms with van der Waals surface area (Å²) >= 11 is 0. The summed E-state index contributed by atoms with van der Waals surface area (Å²) in [6.07, 6.45) is 5.65. The van der Waals surface area contributed by atoms with Crippen LogP contribution in [0.2, 0.25) is 0 Å². The molecule has 0 saturated carbocycles. The Morgan fingerprint density at radius 3 is 3.12 bits per heavy atom. The monoisotopic (exact) mass is 235 g/mol. The minimum atomic E-state index is 0.230. The Balaban J connectivity index is 1.71. The van der Waals surface area contributed by atoms with Gasteiger partial charge in [0.05, 0.1) is 6.07 Å². The first-order valence-corrected chi connectivity index (χ1v) is 6.68. The van der Waals surface area contributed by atoms with Gasteiger partial charge in [-0.1, -0.05) is 0 Å². The molecule has 0 aromatic heterocycles. The van der Waals surface area contributed by atoms with E-state index in [-0.39, 0.29) is 5.91 Å². The molecule has 0 bridgehead atoms. The largest absolute Gasteiger partial charge is 0.353 e. The third kappa shape index (κ3) is 3.44. The number of hydrogen-bond donors (Lipinski definition) is 1. The molecule has 0 aromatic rings. The van der Waals surface area contributed by atoms with E-state index in [0.29, 0.717) is 24.8 Å². The highest BCUT2D eigenvalue weighted by atomic mass is 16.1. The summed E-state index contributed by atoms with van der Waals surface area (Å²) in [4.78, 5) is 13.8. The summed E-state index contributed by atoms with van der Waals surface area (Å²) in [5, 5.41) is 11.6. The number of fused-ring (bicyclic) bond motifs is 1. The number of rotatable bonds is 4. The number of nitrogens with one attached hydrogen (secondary N) is 1. The van der Waals surface area contributed by atoms with Gasteiger partial charge >= 0.3 is 0 Å². The summed E-state index contributed by atoms with van der Waals surface area (Å²) in [7, 11) is 0. The third-order valence-corrected chi connectivity index (χ3v) is 3.92. The zero-order chi connectivity index (χ0) is 12.1. The van der Waals surface area contributed by atoms with Crippen molar-refractivity contribution >= 4 is 5.91 Å². The van der Waals surface area contributed by atoms with Gasteiger partial charge in [-0.2, -0.15) is 5.26 Å². The average Bonchev–Trinajstić information content (AvgIpc) is 2.35. The molecule has 2 unspecified atom stereocenters. The summed E-state index contributed by atoms with van der Waals surface area (Å²) in [6.45, 7) is 3.32. The van der Waals surface area contributed by atoms with Crippen LogP contribution in [0, 0.1) is 17.2 Å². The van der Waals surface area contributed by atoms with Crippen molar-refractivity contribution < 1.29 is 4.79 Å². The molecule has 2 rings (SSSR count). The quantitative estimate of drug-likeness (QED) is 0.747. The highest BCUT2D eigenvalue weighted by Crippen LogP contribution is 2.25. The van der Waals surface area contributed by atoms with Crippen molar-refractivity contribution in [2.24, 2.45) is 5.92 Å². The smallest absolute Gasteiger partial charge is 0.220 e. The number of piperidine rings is 2. The van der Waals surface area contributed by atoms with Crippen LogP contribution < -0.4 is 5.32 Å². The number of unbranched alkanes of at least 4 members (excludes halogenated alkanes) is 2. The van der Waals surface area contributed by atoms with Crippen LogP contribution in [-0.2, 0) is 4.79 Å². The first-order valence-electron chi connectivity index (χ1n) is 6.68. The second kappa shape index (κ2) is 6.02. The number of nitrogens with zero attached hydrogens (tertiary/aromatic N) is 2. The van der Waals surface area contributed by atoms with E-state index in [1.165, 1.54) is 0 Å². The standard InChI is InChI=1S/C13H21N3O/c14-7-2-1-3-8-16-9-6-12-11(10-16)4-5-13(17)15-12/h11-12H,1-6,8-10H2,(H,15,17). The topological polar surface area (TPSA) is 56.1 Å². The first kappa shape index (κ1) is 12.4. The van der Waals surface area contributed by atoms with Crippen molar-refractivity contribution in [3.8, 4) is 6.07 Å². The summed E-state index contributed by atoms with van der Waals surface area (Å²) in [6, 6.07) is 2.61. The van der Waals surface area contributed by atoms with Gasteiger partial charge < -0.3 is 10.2 Å². The van der Waals surface area contributed by atoms with E-state index in [0.717, 1.165) is 45.3 Å². The second-order valence-electron chi connectivity index (χ2n) is 5.18. The normalized spacial score (nSPS) is 29.2. The molecule has 0 aliphatic carbocycles. The maximum absolute atomic E-state index is 11.3. The summed E-state index contributed by atoms with van der Waals surface area (Å²) < 4.78 is 0. The molecule has 0 spiro atoms. The van der Waals surface area contributed by atoms with Gasteiger partial charge in [-0.25, -0.2) is 0 Å². The van der Waals surface area contributed by atoms with Crippen molar-refractivity contribution in [2.45, 2.75) is 44.6 Å². The Morgan fingerprint density at radius 2 is 2.29 bits per heavy atom. The second-order valence-corrected chi connectivity index (χ2v) is 5.18. The van der Waals surface area contributed by atoms with Crippen LogP contribution in [0.3, 0.4) is 0 Å². The molecule has 2 atom stereocenters. The van der Waals surface area contributed by atoms with Gasteiger partial charge in [0, 0.05) is 32.0 Å². The van der Waals surface area contributed by atoms with Crippen molar-refractivity contribution in [1.29, 1.82) is 5.26 Å². The highest BCUT2D eigenvalue weighted by molar-refractivity contribution is 5.77. The number of carbonyl (C=O) groups is 1. The van der Waals surface area contributed by atoms with Crippen molar-refractivity contribution in [3.05, 3.63) is 0 Å². The molecule has 2 aliphatic rings. The Labute approximate surface area is 103 Å². The van der Waals surface area contributed by atoms with Crippen molar-refractivity contribution in [1.82, 2.24) is 10.2 Å². The van der Waals surface area contributed by atoms with Crippen LogP contribution in [0.4, 0.5) is 0 Å². The van der Waals surface area contributed by atoms with Crippen LogP contribution in [-0.4, -0.2) is 36.5 Å². The zero-order valence-corrected chi connectivity index (χ0v) is 10.3. The Morgan fingerprint density at radius 1 is 1.41 bits per heavy atom. The van der Waals surface area contributed by atoms with E-state index < -0.39 is 0 Å². The van der Waals surface area contributed by atoms with Gasteiger partial charge in [0.2, 0.25) is 5.91 Å². The minimum Gasteiger partial charge on any atom is -0.353 e. The van der Waals surface area contributed by atoms with Crippen LogP contribution in [0.15, 0.2) is 0 Å². The first-order chi connectivity index (χ1) is 8.29. The zero-order valence-electron chi connectivity index (χ0n) is 10.3. The van der Waals surface area contributed by atoms with E-state index in [9.17, 15) is 4.79 Å². The lowest BCUT2D eigenvalue weighted by atomic mass is 9.85. The predicted octanol–water partition coefficient (Wildman–Crippen LogP) is 1.28. The van der Waals surface area contributed by atoms with Gasteiger partial charge in [0.1, 0.15) is 0 Å². The van der Waals surface area contributed by atoms with Gasteiger partial charge in [-0.15, -0.1) is 0 Å². The molecular formula is C13H21N3O. The number of amides is 1. The lowest BCUT2D eigenvalue weighted by Crippen LogP contribution is -2.54. The number of nitriles is 1. The number of carbonyl (C=O) groups excluding carboxylic acids is 1. The van der Waals surface area contributed by atoms with Crippen molar-refractivity contribution in [3.63, 3.8) is 0 Å². The minimum absolute atomic E-state index is 0.230. The van der Waals surface area contributed by atoms with Crippen LogP contribution in [0.5, 0.6) is 0 Å². The molecule has 0 radical (unpaired) electrons. The molecule has 2 saturated heterocycles. The average molecular weight is 235 g/mol.